The number of anilines is 1. The molecule has 4 rings (SSSR count). The molecule has 0 fully saturated rings. The van der Waals surface area contributed by atoms with Gasteiger partial charge in [0.05, 0.1) is 7.11 Å². The number of rotatable bonds is 7. The third kappa shape index (κ3) is 5.63. The van der Waals surface area contributed by atoms with Crippen LogP contribution in [0.1, 0.15) is 22.2 Å². The molecule has 0 aliphatic carbocycles. The molecule has 0 saturated carbocycles. The number of esters is 1. The molecule has 3 aromatic carbocycles. The van der Waals surface area contributed by atoms with E-state index in [1.54, 1.807) is 6.92 Å². The zero-order chi connectivity index (χ0) is 24.9. The van der Waals surface area contributed by atoms with Crippen molar-refractivity contribution in [2.45, 2.75) is 20.0 Å². The Labute approximate surface area is 216 Å². The molecule has 1 heterocycles. The normalized spacial score (nSPS) is 11.5. The molecule has 0 spiro atoms. The standard InChI is InChI=1S/C28H24BrNO4S/c1-17(34-23-15-11-20(12-16-23)19-7-5-4-6-8-19)26(31)30-27-25(28(32)33-3)24(18(2)35-27)21-9-13-22(29)14-10-21/h4-17H,1-3H3,(H,30,31). The molecule has 1 unspecified atom stereocenters. The predicted octanol–water partition coefficient (Wildman–Crippen LogP) is 7.35. The van der Waals surface area contributed by atoms with Crippen molar-refractivity contribution in [2.75, 3.05) is 12.4 Å². The van der Waals surface area contributed by atoms with E-state index in [1.807, 2.05) is 85.8 Å². The second-order valence-corrected chi connectivity index (χ2v) is 10.0. The summed E-state index contributed by atoms with van der Waals surface area (Å²) in [6.07, 6.45) is -0.776. The van der Waals surface area contributed by atoms with E-state index >= 15 is 0 Å². The van der Waals surface area contributed by atoms with E-state index in [0.29, 0.717) is 16.3 Å². The van der Waals surface area contributed by atoms with Crippen molar-refractivity contribution in [2.24, 2.45) is 0 Å². The highest BCUT2D eigenvalue weighted by Crippen LogP contribution is 2.40. The fraction of sp³-hybridized carbons (Fsp3) is 0.143. The number of hydrogen-bond donors (Lipinski definition) is 1. The Bertz CT molecular complexity index is 1330. The number of halogens is 1. The van der Waals surface area contributed by atoms with E-state index in [0.717, 1.165) is 31.6 Å². The summed E-state index contributed by atoms with van der Waals surface area (Å²) in [6.45, 7) is 3.59. The first-order valence-electron chi connectivity index (χ1n) is 11.0. The predicted molar refractivity (Wildman–Crippen MR) is 144 cm³/mol. The Balaban J connectivity index is 1.52. The molecule has 4 aromatic rings. The molecule has 178 valence electrons. The molecule has 1 amide bonds. The number of hydrogen-bond acceptors (Lipinski definition) is 5. The summed E-state index contributed by atoms with van der Waals surface area (Å²) in [5.41, 5.74) is 4.12. The van der Waals surface area contributed by atoms with Crippen molar-refractivity contribution < 1.29 is 19.1 Å². The fourth-order valence-electron chi connectivity index (χ4n) is 3.72. The van der Waals surface area contributed by atoms with E-state index in [2.05, 4.69) is 21.2 Å². The summed E-state index contributed by atoms with van der Waals surface area (Å²) in [4.78, 5) is 26.6. The van der Waals surface area contributed by atoms with E-state index in [-0.39, 0.29) is 5.91 Å². The Morgan fingerprint density at radius 1 is 0.886 bits per heavy atom. The second-order valence-electron chi connectivity index (χ2n) is 7.88. The molecule has 5 nitrogen and oxygen atoms in total. The van der Waals surface area contributed by atoms with Gasteiger partial charge >= 0.3 is 5.97 Å². The van der Waals surface area contributed by atoms with Crippen LogP contribution in [0, 0.1) is 6.92 Å². The van der Waals surface area contributed by atoms with Crippen LogP contribution in [0.4, 0.5) is 5.00 Å². The molecule has 0 saturated heterocycles. The SMILES string of the molecule is COC(=O)c1c(NC(=O)C(C)Oc2ccc(-c3ccccc3)cc2)sc(C)c1-c1ccc(Br)cc1. The van der Waals surface area contributed by atoms with Gasteiger partial charge in [-0.3, -0.25) is 4.79 Å². The van der Waals surface area contributed by atoms with Gasteiger partial charge in [0.25, 0.3) is 5.91 Å². The quantitative estimate of drug-likeness (QED) is 0.245. The lowest BCUT2D eigenvalue weighted by Gasteiger charge is -2.15. The van der Waals surface area contributed by atoms with E-state index < -0.39 is 12.1 Å². The van der Waals surface area contributed by atoms with Crippen molar-refractivity contribution in [3.8, 4) is 28.0 Å². The number of aryl methyl sites for hydroxylation is 1. The highest BCUT2D eigenvalue weighted by atomic mass is 79.9. The topological polar surface area (TPSA) is 64.6 Å². The van der Waals surface area contributed by atoms with Crippen molar-refractivity contribution in [3.63, 3.8) is 0 Å². The zero-order valence-corrected chi connectivity index (χ0v) is 21.9. The third-order valence-corrected chi connectivity index (χ3v) is 7.04. The Morgan fingerprint density at radius 3 is 2.11 bits per heavy atom. The van der Waals surface area contributed by atoms with Gasteiger partial charge in [0.1, 0.15) is 16.3 Å². The van der Waals surface area contributed by atoms with Gasteiger partial charge in [0.2, 0.25) is 0 Å². The number of nitrogens with one attached hydrogen (secondary N) is 1. The van der Waals surface area contributed by atoms with Gasteiger partial charge in [0, 0.05) is 14.9 Å². The van der Waals surface area contributed by atoms with Crippen LogP contribution in [0.25, 0.3) is 22.3 Å². The number of amides is 1. The molecule has 1 atom stereocenters. The van der Waals surface area contributed by atoms with E-state index in [4.69, 9.17) is 9.47 Å². The van der Waals surface area contributed by atoms with Gasteiger partial charge in [-0.05, 0) is 54.8 Å². The van der Waals surface area contributed by atoms with Gasteiger partial charge in [-0.1, -0.05) is 70.5 Å². The van der Waals surface area contributed by atoms with Crippen LogP contribution >= 0.6 is 27.3 Å². The molecule has 0 aliphatic heterocycles. The Morgan fingerprint density at radius 2 is 1.49 bits per heavy atom. The maximum atomic E-state index is 13.0. The van der Waals surface area contributed by atoms with Crippen molar-refractivity contribution >= 4 is 44.1 Å². The van der Waals surface area contributed by atoms with Crippen LogP contribution in [-0.4, -0.2) is 25.1 Å². The summed E-state index contributed by atoms with van der Waals surface area (Å²) in [5.74, 6) is -0.281. The molecule has 1 aromatic heterocycles. The molecule has 0 bridgehead atoms. The van der Waals surface area contributed by atoms with Gasteiger partial charge < -0.3 is 14.8 Å². The van der Waals surface area contributed by atoms with Gasteiger partial charge in [-0.25, -0.2) is 4.79 Å². The van der Waals surface area contributed by atoms with Crippen LogP contribution in [0.2, 0.25) is 0 Å². The molecular formula is C28H24BrNO4S. The number of ether oxygens (including phenoxy) is 2. The first-order chi connectivity index (χ1) is 16.9. The van der Waals surface area contributed by atoms with Gasteiger partial charge in [0.15, 0.2) is 6.10 Å². The first-order valence-corrected chi connectivity index (χ1v) is 12.6. The lowest BCUT2D eigenvalue weighted by Crippen LogP contribution is -2.30. The third-order valence-electron chi connectivity index (χ3n) is 5.49. The maximum Gasteiger partial charge on any atom is 0.341 e. The largest absolute Gasteiger partial charge is 0.481 e. The molecule has 7 heteroatoms. The lowest BCUT2D eigenvalue weighted by atomic mass is 10.0. The number of benzene rings is 3. The van der Waals surface area contributed by atoms with Crippen LogP contribution in [0.15, 0.2) is 83.3 Å². The fourth-order valence-corrected chi connectivity index (χ4v) is 5.05. The molecule has 35 heavy (non-hydrogen) atoms. The summed E-state index contributed by atoms with van der Waals surface area (Å²) in [5, 5.41) is 3.31. The van der Waals surface area contributed by atoms with Gasteiger partial charge in [-0.15, -0.1) is 11.3 Å². The van der Waals surface area contributed by atoms with Gasteiger partial charge in [-0.2, -0.15) is 0 Å². The Kier molecular flexibility index (Phi) is 7.68. The van der Waals surface area contributed by atoms with Crippen molar-refractivity contribution in [1.29, 1.82) is 0 Å². The van der Waals surface area contributed by atoms with Crippen LogP contribution in [-0.2, 0) is 9.53 Å². The average Bonchev–Trinajstić information content (AvgIpc) is 3.20. The second kappa shape index (κ2) is 10.9. The minimum absolute atomic E-state index is 0.338. The van der Waals surface area contributed by atoms with Crippen LogP contribution in [0.5, 0.6) is 5.75 Å². The van der Waals surface area contributed by atoms with Crippen LogP contribution in [0.3, 0.4) is 0 Å². The van der Waals surface area contributed by atoms with Crippen molar-refractivity contribution in [1.82, 2.24) is 0 Å². The average molecular weight is 550 g/mol. The zero-order valence-electron chi connectivity index (χ0n) is 19.5. The summed E-state index contributed by atoms with van der Waals surface area (Å²) in [6, 6.07) is 25.3. The van der Waals surface area contributed by atoms with E-state index in [1.165, 1.54) is 18.4 Å². The maximum absolute atomic E-state index is 13.0. The van der Waals surface area contributed by atoms with Crippen LogP contribution < -0.4 is 10.1 Å². The Hall–Kier alpha value is -3.42. The highest BCUT2D eigenvalue weighted by molar-refractivity contribution is 9.10. The smallest absolute Gasteiger partial charge is 0.341 e. The number of carbonyl (C=O) groups is 2. The minimum atomic E-state index is -0.776. The highest BCUT2D eigenvalue weighted by Gasteiger charge is 2.26. The summed E-state index contributed by atoms with van der Waals surface area (Å²) < 4.78 is 11.8. The molecular weight excluding hydrogens is 526 g/mol. The minimum Gasteiger partial charge on any atom is -0.481 e. The van der Waals surface area contributed by atoms with E-state index in [9.17, 15) is 9.59 Å². The molecule has 0 radical (unpaired) electrons. The first kappa shape index (κ1) is 24.7. The number of methoxy groups -OCH3 is 1. The summed E-state index contributed by atoms with van der Waals surface area (Å²) in [7, 11) is 1.33. The summed E-state index contributed by atoms with van der Waals surface area (Å²) >= 11 is 4.77. The lowest BCUT2D eigenvalue weighted by molar-refractivity contribution is -0.122. The monoisotopic (exact) mass is 549 g/mol. The molecule has 0 aliphatic rings. The number of carbonyl (C=O) groups excluding carboxylic acids is 2. The molecule has 1 N–H and O–H groups in total. The number of thiophene rings is 1. The van der Waals surface area contributed by atoms with Crippen molar-refractivity contribution in [3.05, 3.63) is 93.8 Å².